The number of nitrogens with zero attached hydrogens (tertiary/aromatic N) is 1. The Balaban J connectivity index is 1.98. The van der Waals surface area contributed by atoms with E-state index < -0.39 is 11.8 Å². The molecule has 0 aliphatic rings. The van der Waals surface area contributed by atoms with Crippen LogP contribution in [0.4, 0.5) is 11.5 Å². The average Bonchev–Trinajstić information content (AvgIpc) is 2.41. The van der Waals surface area contributed by atoms with Crippen LogP contribution in [0.25, 0.3) is 0 Å². The summed E-state index contributed by atoms with van der Waals surface area (Å²) in [6, 6.07) is 12.4. The Hall–Kier alpha value is -2.69. The third-order valence-corrected chi connectivity index (χ3v) is 2.65. The number of hydrogen-bond donors (Lipinski definition) is 2. The Labute approximate surface area is 117 Å². The highest BCUT2D eigenvalue weighted by atomic mass is 16.2. The molecule has 5 nitrogen and oxygen atoms in total. The van der Waals surface area contributed by atoms with Crippen molar-refractivity contribution in [2.24, 2.45) is 0 Å². The summed E-state index contributed by atoms with van der Waals surface area (Å²) >= 11 is 0. The average molecular weight is 269 g/mol. The highest BCUT2D eigenvalue weighted by Gasteiger charge is 2.14. The standard InChI is InChI=1S/C15H15N3O2/c1-10-6-8-12(9-7-10)17-14(19)15(20)18-13-5-3-4-11(2)16-13/h3-9H,1-2H3,(H,17,19)(H,16,18,20). The van der Waals surface area contributed by atoms with Gasteiger partial charge in [0.2, 0.25) is 0 Å². The second-order valence-corrected chi connectivity index (χ2v) is 4.44. The third-order valence-electron chi connectivity index (χ3n) is 2.65. The molecule has 0 spiro atoms. The highest BCUT2D eigenvalue weighted by molar-refractivity contribution is 6.43. The summed E-state index contributed by atoms with van der Waals surface area (Å²) in [4.78, 5) is 27.6. The van der Waals surface area contributed by atoms with Crippen LogP contribution in [0.2, 0.25) is 0 Å². The molecular formula is C15H15N3O2. The number of carbonyl (C=O) groups is 2. The van der Waals surface area contributed by atoms with Gasteiger partial charge in [0.1, 0.15) is 5.82 Å². The molecule has 1 heterocycles. The molecular weight excluding hydrogens is 254 g/mol. The first-order valence-corrected chi connectivity index (χ1v) is 6.17. The van der Waals surface area contributed by atoms with Gasteiger partial charge in [-0.15, -0.1) is 0 Å². The monoisotopic (exact) mass is 269 g/mol. The maximum absolute atomic E-state index is 11.7. The molecule has 2 amide bonds. The first kappa shape index (κ1) is 13.7. The van der Waals surface area contributed by atoms with E-state index in [2.05, 4.69) is 15.6 Å². The molecule has 0 fully saturated rings. The first-order chi connectivity index (χ1) is 9.54. The molecule has 1 aromatic carbocycles. The second-order valence-electron chi connectivity index (χ2n) is 4.44. The molecule has 2 rings (SSSR count). The summed E-state index contributed by atoms with van der Waals surface area (Å²) in [6.07, 6.45) is 0. The number of carbonyl (C=O) groups excluding carboxylic acids is 2. The fourth-order valence-electron chi connectivity index (χ4n) is 1.61. The summed E-state index contributed by atoms with van der Waals surface area (Å²) < 4.78 is 0. The Kier molecular flexibility index (Phi) is 4.10. The van der Waals surface area contributed by atoms with E-state index in [-0.39, 0.29) is 0 Å². The predicted molar refractivity (Wildman–Crippen MR) is 77.4 cm³/mol. The molecule has 0 saturated heterocycles. The zero-order valence-corrected chi connectivity index (χ0v) is 11.3. The van der Waals surface area contributed by atoms with E-state index in [0.717, 1.165) is 11.3 Å². The Morgan fingerprint density at radius 2 is 1.55 bits per heavy atom. The number of anilines is 2. The van der Waals surface area contributed by atoms with Gasteiger partial charge in [-0.25, -0.2) is 4.98 Å². The van der Waals surface area contributed by atoms with E-state index >= 15 is 0 Å². The molecule has 20 heavy (non-hydrogen) atoms. The van der Waals surface area contributed by atoms with Crippen molar-refractivity contribution in [2.75, 3.05) is 10.6 Å². The minimum absolute atomic E-state index is 0.356. The molecule has 0 radical (unpaired) electrons. The molecule has 0 bridgehead atoms. The van der Waals surface area contributed by atoms with Crippen molar-refractivity contribution in [2.45, 2.75) is 13.8 Å². The van der Waals surface area contributed by atoms with Crippen LogP contribution in [0.3, 0.4) is 0 Å². The summed E-state index contributed by atoms with van der Waals surface area (Å²) in [5.41, 5.74) is 2.42. The fourth-order valence-corrected chi connectivity index (χ4v) is 1.61. The van der Waals surface area contributed by atoms with Crippen LogP contribution in [-0.4, -0.2) is 16.8 Å². The van der Waals surface area contributed by atoms with Gasteiger partial charge >= 0.3 is 11.8 Å². The minimum atomic E-state index is -0.747. The molecule has 2 aromatic rings. The third kappa shape index (κ3) is 3.65. The number of aromatic nitrogens is 1. The van der Waals surface area contributed by atoms with Crippen LogP contribution < -0.4 is 10.6 Å². The van der Waals surface area contributed by atoms with Gasteiger partial charge in [0.15, 0.2) is 0 Å². The minimum Gasteiger partial charge on any atom is -0.318 e. The highest BCUT2D eigenvalue weighted by Crippen LogP contribution is 2.09. The summed E-state index contributed by atoms with van der Waals surface area (Å²) in [6.45, 7) is 3.75. The normalized spacial score (nSPS) is 9.90. The lowest BCUT2D eigenvalue weighted by Gasteiger charge is -2.06. The maximum atomic E-state index is 11.7. The molecule has 0 unspecified atom stereocenters. The Morgan fingerprint density at radius 1 is 0.900 bits per heavy atom. The van der Waals surface area contributed by atoms with E-state index in [9.17, 15) is 9.59 Å². The number of hydrogen-bond acceptors (Lipinski definition) is 3. The fraction of sp³-hybridized carbons (Fsp3) is 0.133. The Morgan fingerprint density at radius 3 is 2.20 bits per heavy atom. The molecule has 2 N–H and O–H groups in total. The van der Waals surface area contributed by atoms with E-state index in [1.807, 2.05) is 32.0 Å². The first-order valence-electron chi connectivity index (χ1n) is 6.17. The van der Waals surface area contributed by atoms with Gasteiger partial charge in [0.05, 0.1) is 0 Å². The quantitative estimate of drug-likeness (QED) is 0.822. The van der Waals surface area contributed by atoms with Crippen molar-refractivity contribution in [3.8, 4) is 0 Å². The van der Waals surface area contributed by atoms with Crippen LogP contribution in [0.15, 0.2) is 42.5 Å². The number of aryl methyl sites for hydroxylation is 2. The lowest BCUT2D eigenvalue weighted by molar-refractivity contribution is -0.133. The van der Waals surface area contributed by atoms with Gasteiger partial charge in [-0.1, -0.05) is 23.8 Å². The molecule has 0 aliphatic heterocycles. The van der Waals surface area contributed by atoms with Gasteiger partial charge in [-0.05, 0) is 38.1 Å². The predicted octanol–water partition coefficient (Wildman–Crippen LogP) is 2.28. The SMILES string of the molecule is Cc1ccc(NC(=O)C(=O)Nc2cccc(C)n2)cc1. The van der Waals surface area contributed by atoms with Crippen molar-refractivity contribution in [1.29, 1.82) is 0 Å². The molecule has 1 aromatic heterocycles. The van der Waals surface area contributed by atoms with E-state index in [4.69, 9.17) is 0 Å². The summed E-state index contributed by atoms with van der Waals surface area (Å²) in [5, 5.41) is 4.98. The van der Waals surface area contributed by atoms with Gasteiger partial charge in [-0.3, -0.25) is 9.59 Å². The lowest BCUT2D eigenvalue weighted by Crippen LogP contribution is -2.29. The van der Waals surface area contributed by atoms with Gasteiger partial charge < -0.3 is 10.6 Å². The molecule has 0 saturated carbocycles. The zero-order valence-electron chi connectivity index (χ0n) is 11.3. The molecule has 0 atom stereocenters. The number of pyridine rings is 1. The number of benzene rings is 1. The largest absolute Gasteiger partial charge is 0.318 e. The smallest absolute Gasteiger partial charge is 0.315 e. The maximum Gasteiger partial charge on any atom is 0.315 e. The molecule has 102 valence electrons. The van der Waals surface area contributed by atoms with Crippen LogP contribution in [-0.2, 0) is 9.59 Å². The van der Waals surface area contributed by atoms with Crippen molar-refractivity contribution in [3.05, 3.63) is 53.7 Å². The second kappa shape index (κ2) is 5.97. The Bertz CT molecular complexity index is 636. The van der Waals surface area contributed by atoms with E-state index in [0.29, 0.717) is 11.5 Å². The van der Waals surface area contributed by atoms with E-state index in [1.165, 1.54) is 0 Å². The van der Waals surface area contributed by atoms with Crippen LogP contribution >= 0.6 is 0 Å². The van der Waals surface area contributed by atoms with Crippen molar-refractivity contribution in [1.82, 2.24) is 4.98 Å². The number of amides is 2. The van der Waals surface area contributed by atoms with Crippen LogP contribution in [0.1, 0.15) is 11.3 Å². The van der Waals surface area contributed by atoms with Crippen molar-refractivity contribution < 1.29 is 9.59 Å². The molecule has 5 heteroatoms. The van der Waals surface area contributed by atoms with Gasteiger partial charge in [0.25, 0.3) is 0 Å². The van der Waals surface area contributed by atoms with Gasteiger partial charge in [0, 0.05) is 11.4 Å². The number of nitrogens with one attached hydrogen (secondary N) is 2. The number of rotatable bonds is 2. The van der Waals surface area contributed by atoms with Crippen molar-refractivity contribution in [3.63, 3.8) is 0 Å². The van der Waals surface area contributed by atoms with Gasteiger partial charge in [-0.2, -0.15) is 0 Å². The zero-order chi connectivity index (χ0) is 14.5. The lowest BCUT2D eigenvalue weighted by atomic mass is 10.2. The molecule has 0 aliphatic carbocycles. The van der Waals surface area contributed by atoms with Crippen molar-refractivity contribution >= 4 is 23.3 Å². The van der Waals surface area contributed by atoms with Crippen LogP contribution in [0, 0.1) is 13.8 Å². The summed E-state index contributed by atoms with van der Waals surface area (Å²) in [7, 11) is 0. The van der Waals surface area contributed by atoms with E-state index in [1.54, 1.807) is 24.3 Å². The van der Waals surface area contributed by atoms with Crippen LogP contribution in [0.5, 0.6) is 0 Å². The topological polar surface area (TPSA) is 71.1 Å². The summed E-state index contributed by atoms with van der Waals surface area (Å²) in [5.74, 6) is -1.12.